The summed E-state index contributed by atoms with van der Waals surface area (Å²) in [5, 5.41) is 11.1. The largest absolute Gasteiger partial charge is 0.385 e. The molecule has 19 heavy (non-hydrogen) atoms. The van der Waals surface area contributed by atoms with Crippen molar-refractivity contribution in [3.8, 4) is 0 Å². The summed E-state index contributed by atoms with van der Waals surface area (Å²) in [5.41, 5.74) is -0.668. The molecule has 0 heterocycles. The van der Waals surface area contributed by atoms with Crippen LogP contribution in [0.2, 0.25) is 10.0 Å². The summed E-state index contributed by atoms with van der Waals surface area (Å²) >= 11 is 11.8. The van der Waals surface area contributed by atoms with Gasteiger partial charge in [-0.25, -0.2) is 4.39 Å². The van der Waals surface area contributed by atoms with Gasteiger partial charge in [0, 0.05) is 10.6 Å². The highest BCUT2D eigenvalue weighted by molar-refractivity contribution is 6.35. The van der Waals surface area contributed by atoms with Crippen molar-refractivity contribution in [3.63, 3.8) is 0 Å². The van der Waals surface area contributed by atoms with Crippen molar-refractivity contribution >= 4 is 23.2 Å². The maximum atomic E-state index is 13.6. The lowest BCUT2D eigenvalue weighted by Gasteiger charge is -2.38. The molecule has 106 valence electrons. The van der Waals surface area contributed by atoms with Crippen LogP contribution in [0.4, 0.5) is 4.39 Å². The molecule has 0 amide bonds. The third kappa shape index (κ3) is 3.07. The minimum Gasteiger partial charge on any atom is -0.385 e. The van der Waals surface area contributed by atoms with Gasteiger partial charge in [-0.05, 0) is 43.7 Å². The molecule has 1 unspecified atom stereocenters. The highest BCUT2D eigenvalue weighted by Crippen LogP contribution is 2.43. The third-order valence-electron chi connectivity index (χ3n) is 4.37. The SMILES string of the molecule is CC1CCC(C(C)(O)c2cc(F)c(Cl)cc2Cl)CC1. The van der Waals surface area contributed by atoms with Crippen LogP contribution >= 0.6 is 23.2 Å². The zero-order chi connectivity index (χ0) is 14.2. The lowest BCUT2D eigenvalue weighted by molar-refractivity contribution is -0.0265. The van der Waals surface area contributed by atoms with E-state index in [1.807, 2.05) is 0 Å². The Morgan fingerprint density at radius 3 is 2.32 bits per heavy atom. The average Bonchev–Trinajstić information content (AvgIpc) is 2.34. The number of hydrogen-bond donors (Lipinski definition) is 1. The molecule has 1 fully saturated rings. The Labute approximate surface area is 123 Å². The first-order chi connectivity index (χ1) is 8.82. The predicted octanol–water partition coefficient (Wildman–Crippen LogP) is 5.17. The van der Waals surface area contributed by atoms with E-state index in [9.17, 15) is 9.50 Å². The van der Waals surface area contributed by atoms with Crippen molar-refractivity contribution in [2.75, 3.05) is 0 Å². The standard InChI is InChI=1S/C15H19Cl2FO/c1-9-3-5-10(6-4-9)15(2,19)11-7-14(18)13(17)8-12(11)16/h7-10,19H,3-6H2,1-2H3. The molecule has 1 aromatic carbocycles. The van der Waals surface area contributed by atoms with Crippen LogP contribution in [0.25, 0.3) is 0 Å². The molecule has 2 rings (SSSR count). The lowest BCUT2D eigenvalue weighted by Crippen LogP contribution is -2.34. The molecule has 0 saturated heterocycles. The Balaban J connectivity index is 2.31. The van der Waals surface area contributed by atoms with Crippen LogP contribution in [0.3, 0.4) is 0 Å². The van der Waals surface area contributed by atoms with Gasteiger partial charge in [0.25, 0.3) is 0 Å². The van der Waals surface area contributed by atoms with E-state index < -0.39 is 11.4 Å². The minimum atomic E-state index is -1.11. The molecule has 0 aliphatic heterocycles. The van der Waals surface area contributed by atoms with Gasteiger partial charge in [-0.1, -0.05) is 43.0 Å². The molecule has 0 bridgehead atoms. The fourth-order valence-corrected chi connectivity index (χ4v) is 3.53. The van der Waals surface area contributed by atoms with E-state index in [0.717, 1.165) is 25.7 Å². The number of aliphatic hydroxyl groups is 1. The van der Waals surface area contributed by atoms with Gasteiger partial charge in [0.2, 0.25) is 0 Å². The van der Waals surface area contributed by atoms with E-state index >= 15 is 0 Å². The van der Waals surface area contributed by atoms with Crippen molar-refractivity contribution in [2.24, 2.45) is 11.8 Å². The van der Waals surface area contributed by atoms with E-state index in [1.54, 1.807) is 6.92 Å². The zero-order valence-electron chi connectivity index (χ0n) is 11.2. The van der Waals surface area contributed by atoms with Gasteiger partial charge in [-0.3, -0.25) is 0 Å². The summed E-state index contributed by atoms with van der Waals surface area (Å²) in [4.78, 5) is 0. The van der Waals surface area contributed by atoms with Crippen LogP contribution in [0.5, 0.6) is 0 Å². The van der Waals surface area contributed by atoms with Gasteiger partial charge in [-0.15, -0.1) is 0 Å². The summed E-state index contributed by atoms with van der Waals surface area (Å²) in [6, 6.07) is 2.64. The zero-order valence-corrected chi connectivity index (χ0v) is 12.7. The Kier molecular flexibility index (Phi) is 4.44. The number of hydrogen-bond acceptors (Lipinski definition) is 1. The molecule has 0 spiro atoms. The topological polar surface area (TPSA) is 20.2 Å². The molecule has 1 N–H and O–H groups in total. The number of halogens is 3. The maximum absolute atomic E-state index is 13.6. The normalized spacial score (nSPS) is 27.1. The van der Waals surface area contributed by atoms with Crippen molar-refractivity contribution in [3.05, 3.63) is 33.6 Å². The first-order valence-electron chi connectivity index (χ1n) is 6.69. The minimum absolute atomic E-state index is 0.0122. The molecule has 0 radical (unpaired) electrons. The molecule has 1 aromatic rings. The monoisotopic (exact) mass is 304 g/mol. The maximum Gasteiger partial charge on any atom is 0.142 e. The highest BCUT2D eigenvalue weighted by atomic mass is 35.5. The summed E-state index contributed by atoms with van der Waals surface area (Å²) in [5.74, 6) is 0.275. The first kappa shape index (κ1) is 15.1. The summed E-state index contributed by atoms with van der Waals surface area (Å²) < 4.78 is 13.6. The van der Waals surface area contributed by atoms with E-state index in [-0.39, 0.29) is 10.9 Å². The van der Waals surface area contributed by atoms with Crippen LogP contribution in [0.1, 0.15) is 45.1 Å². The molecule has 4 heteroatoms. The van der Waals surface area contributed by atoms with Crippen molar-refractivity contribution in [1.29, 1.82) is 0 Å². The van der Waals surface area contributed by atoms with E-state index in [0.29, 0.717) is 16.5 Å². The second-order valence-electron chi connectivity index (χ2n) is 5.85. The van der Waals surface area contributed by atoms with Crippen LogP contribution in [0, 0.1) is 17.7 Å². The first-order valence-corrected chi connectivity index (χ1v) is 7.45. The Bertz CT molecular complexity index is 465. The van der Waals surface area contributed by atoms with E-state index in [2.05, 4.69) is 6.92 Å². The predicted molar refractivity (Wildman–Crippen MR) is 77.1 cm³/mol. The van der Waals surface area contributed by atoms with Crippen LogP contribution < -0.4 is 0 Å². The molecule has 1 nitrogen and oxygen atoms in total. The fraction of sp³-hybridized carbons (Fsp3) is 0.600. The third-order valence-corrected chi connectivity index (χ3v) is 4.97. The summed E-state index contributed by atoms with van der Waals surface area (Å²) in [6.07, 6.45) is 4.06. The smallest absolute Gasteiger partial charge is 0.142 e. The molecule has 1 atom stereocenters. The van der Waals surface area contributed by atoms with Crippen molar-refractivity contribution in [1.82, 2.24) is 0 Å². The molecular weight excluding hydrogens is 286 g/mol. The van der Waals surface area contributed by atoms with Crippen molar-refractivity contribution < 1.29 is 9.50 Å². The molecule has 1 saturated carbocycles. The van der Waals surface area contributed by atoms with Gasteiger partial charge in [-0.2, -0.15) is 0 Å². The summed E-state index contributed by atoms with van der Waals surface area (Å²) in [6.45, 7) is 3.95. The van der Waals surface area contributed by atoms with Crippen LogP contribution in [-0.2, 0) is 5.60 Å². The molecule has 1 aliphatic rings. The van der Waals surface area contributed by atoms with E-state index in [4.69, 9.17) is 23.2 Å². The lowest BCUT2D eigenvalue weighted by atomic mass is 9.72. The molecule has 0 aromatic heterocycles. The Morgan fingerprint density at radius 1 is 1.16 bits per heavy atom. The van der Waals surface area contributed by atoms with Crippen LogP contribution in [-0.4, -0.2) is 5.11 Å². The molecule has 1 aliphatic carbocycles. The van der Waals surface area contributed by atoms with Gasteiger partial charge >= 0.3 is 0 Å². The van der Waals surface area contributed by atoms with Gasteiger partial charge < -0.3 is 5.11 Å². The van der Waals surface area contributed by atoms with Gasteiger partial charge in [0.05, 0.1) is 10.6 Å². The summed E-state index contributed by atoms with van der Waals surface area (Å²) in [7, 11) is 0. The van der Waals surface area contributed by atoms with Crippen molar-refractivity contribution in [2.45, 2.75) is 45.1 Å². The second kappa shape index (κ2) is 5.59. The quantitative estimate of drug-likeness (QED) is 0.748. The van der Waals surface area contributed by atoms with Gasteiger partial charge in [0.1, 0.15) is 5.82 Å². The van der Waals surface area contributed by atoms with Crippen LogP contribution in [0.15, 0.2) is 12.1 Å². The van der Waals surface area contributed by atoms with E-state index in [1.165, 1.54) is 12.1 Å². The average molecular weight is 305 g/mol. The number of benzene rings is 1. The highest BCUT2D eigenvalue weighted by Gasteiger charge is 2.37. The number of rotatable bonds is 2. The molecular formula is C15H19Cl2FO. The Morgan fingerprint density at radius 2 is 1.74 bits per heavy atom. The second-order valence-corrected chi connectivity index (χ2v) is 6.66. The van der Waals surface area contributed by atoms with Gasteiger partial charge in [0.15, 0.2) is 0 Å². The fourth-order valence-electron chi connectivity index (χ4n) is 2.95. The Hall–Kier alpha value is -0.310.